The second kappa shape index (κ2) is 7.38. The van der Waals surface area contributed by atoms with Crippen molar-refractivity contribution in [3.63, 3.8) is 0 Å². The number of hydrogen-bond donors (Lipinski definition) is 2. The van der Waals surface area contributed by atoms with Crippen molar-refractivity contribution in [3.8, 4) is 5.69 Å². The largest absolute Gasteiger partial charge is 0.481 e. The molecule has 1 fully saturated rings. The number of nitrogens with one attached hydrogen (secondary N) is 1. The summed E-state index contributed by atoms with van der Waals surface area (Å²) in [5, 5.41) is 12.0. The summed E-state index contributed by atoms with van der Waals surface area (Å²) in [5.41, 5.74) is 1.98. The Kier molecular flexibility index (Phi) is 5.02. The molecule has 2 aromatic rings. The lowest BCUT2D eigenvalue weighted by molar-refractivity contribution is -0.143. The maximum atomic E-state index is 12.4. The molecule has 7 nitrogen and oxygen atoms in total. The second-order valence-electron chi connectivity index (χ2n) is 6.34. The minimum atomic E-state index is -0.773. The third-order valence-electron chi connectivity index (χ3n) is 4.64. The molecule has 3 rings (SSSR count). The zero-order valence-corrected chi connectivity index (χ0v) is 14.1. The predicted octanol–water partition coefficient (Wildman–Crippen LogP) is 2.44. The second-order valence-corrected chi connectivity index (χ2v) is 6.34. The number of rotatable bonds is 4. The van der Waals surface area contributed by atoms with E-state index in [9.17, 15) is 9.59 Å². The monoisotopic (exact) mass is 342 g/mol. The van der Waals surface area contributed by atoms with E-state index >= 15 is 0 Å². The smallest absolute Gasteiger partial charge is 0.317 e. The summed E-state index contributed by atoms with van der Waals surface area (Å²) in [4.78, 5) is 29.2. The number of nitrogens with zero attached hydrogens (tertiary/aromatic N) is 3. The van der Waals surface area contributed by atoms with Crippen LogP contribution in [0, 0.1) is 5.92 Å². The van der Waals surface area contributed by atoms with Gasteiger partial charge in [-0.05, 0) is 37.5 Å². The molecule has 1 aromatic carbocycles. The highest BCUT2D eigenvalue weighted by Crippen LogP contribution is 2.20. The summed E-state index contributed by atoms with van der Waals surface area (Å²) >= 11 is 0. The van der Waals surface area contributed by atoms with Gasteiger partial charge in [-0.15, -0.1) is 0 Å². The molecule has 7 heteroatoms. The first-order valence-electron chi connectivity index (χ1n) is 8.41. The molecular weight excluding hydrogens is 320 g/mol. The number of benzene rings is 1. The topological polar surface area (TPSA) is 87.5 Å². The van der Waals surface area contributed by atoms with Crippen LogP contribution in [0.25, 0.3) is 5.69 Å². The van der Waals surface area contributed by atoms with Crippen molar-refractivity contribution < 1.29 is 14.7 Å². The van der Waals surface area contributed by atoms with Gasteiger partial charge in [0, 0.05) is 31.2 Å². The Bertz CT molecular complexity index is 737. The average Bonchev–Trinajstić information content (AvgIpc) is 3.16. The van der Waals surface area contributed by atoms with Gasteiger partial charge in [-0.2, -0.15) is 0 Å². The molecule has 1 aromatic heterocycles. The molecule has 0 spiro atoms. The summed E-state index contributed by atoms with van der Waals surface area (Å²) in [6.45, 7) is 2.89. The van der Waals surface area contributed by atoms with Crippen LogP contribution >= 0.6 is 0 Å². The van der Waals surface area contributed by atoms with Crippen LogP contribution in [0.15, 0.2) is 43.0 Å². The normalized spacial score (nSPS) is 16.4. The van der Waals surface area contributed by atoms with E-state index < -0.39 is 5.97 Å². The fourth-order valence-electron chi connectivity index (χ4n) is 3.06. The summed E-state index contributed by atoms with van der Waals surface area (Å²) in [6, 6.07) is 7.63. The Hall–Kier alpha value is -2.83. The summed E-state index contributed by atoms with van der Waals surface area (Å²) in [5.74, 6) is -1.11. The minimum Gasteiger partial charge on any atom is -0.481 e. The number of imidazole rings is 1. The number of urea groups is 1. The molecule has 2 heterocycles. The molecule has 132 valence electrons. The van der Waals surface area contributed by atoms with Gasteiger partial charge in [-0.3, -0.25) is 4.79 Å². The first-order chi connectivity index (χ1) is 12.0. The Balaban J connectivity index is 1.61. The van der Waals surface area contributed by atoms with Crippen LogP contribution in [0.2, 0.25) is 0 Å². The molecule has 0 bridgehead atoms. The lowest BCUT2D eigenvalue weighted by atomic mass is 9.97. The molecule has 1 aliphatic rings. The van der Waals surface area contributed by atoms with Gasteiger partial charge in [0.15, 0.2) is 0 Å². The average molecular weight is 342 g/mol. The molecule has 1 aliphatic heterocycles. The number of amides is 2. The number of carboxylic acid groups (broad SMARTS) is 1. The van der Waals surface area contributed by atoms with Gasteiger partial charge in [-0.1, -0.05) is 12.1 Å². The van der Waals surface area contributed by atoms with Crippen molar-refractivity contribution in [2.45, 2.75) is 25.8 Å². The number of carboxylic acids is 1. The quantitative estimate of drug-likeness (QED) is 0.893. The van der Waals surface area contributed by atoms with E-state index in [1.165, 1.54) is 0 Å². The van der Waals surface area contributed by atoms with Crippen LogP contribution in [0.1, 0.15) is 31.4 Å². The van der Waals surface area contributed by atoms with Gasteiger partial charge in [0.25, 0.3) is 0 Å². The Labute approximate surface area is 146 Å². The Morgan fingerprint density at radius 2 is 2.08 bits per heavy atom. The number of aliphatic carboxylic acids is 1. The van der Waals surface area contributed by atoms with Crippen molar-refractivity contribution >= 4 is 12.0 Å². The van der Waals surface area contributed by atoms with Gasteiger partial charge >= 0.3 is 12.0 Å². The van der Waals surface area contributed by atoms with Crippen LogP contribution in [0.4, 0.5) is 4.79 Å². The highest BCUT2D eigenvalue weighted by atomic mass is 16.4. The molecule has 0 radical (unpaired) electrons. The summed E-state index contributed by atoms with van der Waals surface area (Å²) < 4.78 is 1.91. The number of piperidine rings is 1. The van der Waals surface area contributed by atoms with Gasteiger partial charge in [0.1, 0.15) is 0 Å². The van der Waals surface area contributed by atoms with Crippen molar-refractivity contribution in [1.29, 1.82) is 0 Å². The Morgan fingerprint density at radius 3 is 2.72 bits per heavy atom. The van der Waals surface area contributed by atoms with Crippen LogP contribution in [0.5, 0.6) is 0 Å². The maximum Gasteiger partial charge on any atom is 0.317 e. The number of aromatic nitrogens is 2. The predicted molar refractivity (Wildman–Crippen MR) is 92.4 cm³/mol. The van der Waals surface area contributed by atoms with E-state index in [-0.39, 0.29) is 18.0 Å². The Morgan fingerprint density at radius 1 is 1.32 bits per heavy atom. The van der Waals surface area contributed by atoms with Gasteiger partial charge in [0.2, 0.25) is 0 Å². The third kappa shape index (κ3) is 3.99. The van der Waals surface area contributed by atoms with Crippen molar-refractivity contribution in [2.24, 2.45) is 5.92 Å². The molecule has 1 atom stereocenters. The summed E-state index contributed by atoms with van der Waals surface area (Å²) in [7, 11) is 0. The molecule has 1 unspecified atom stereocenters. The van der Waals surface area contributed by atoms with Crippen molar-refractivity contribution in [3.05, 3.63) is 48.5 Å². The molecule has 1 saturated heterocycles. The van der Waals surface area contributed by atoms with Crippen LogP contribution < -0.4 is 5.32 Å². The molecule has 2 N–H and O–H groups in total. The number of carbonyl (C=O) groups excluding carboxylic acids is 1. The highest BCUT2D eigenvalue weighted by Gasteiger charge is 2.27. The number of likely N-dealkylation sites (tertiary alicyclic amines) is 1. The van der Waals surface area contributed by atoms with E-state index in [2.05, 4.69) is 10.3 Å². The standard InChI is InChI=1S/C18H22N4O3/c1-13(15-3-2-4-16(11-15)22-10-7-19-12-22)20-18(25)21-8-5-14(6-9-21)17(23)24/h2-4,7,10-14H,5-6,8-9H2,1H3,(H,20,25)(H,23,24). The zero-order chi connectivity index (χ0) is 17.8. The first-order valence-corrected chi connectivity index (χ1v) is 8.41. The lowest BCUT2D eigenvalue weighted by Gasteiger charge is -2.31. The van der Waals surface area contributed by atoms with Gasteiger partial charge < -0.3 is 19.9 Å². The third-order valence-corrected chi connectivity index (χ3v) is 4.64. The van der Waals surface area contributed by atoms with E-state index in [1.54, 1.807) is 17.4 Å². The zero-order valence-electron chi connectivity index (χ0n) is 14.1. The molecule has 25 heavy (non-hydrogen) atoms. The van der Waals surface area contributed by atoms with E-state index in [4.69, 9.17) is 5.11 Å². The highest BCUT2D eigenvalue weighted by molar-refractivity contribution is 5.75. The fourth-order valence-corrected chi connectivity index (χ4v) is 3.06. The van der Waals surface area contributed by atoms with E-state index in [1.807, 2.05) is 42.0 Å². The van der Waals surface area contributed by atoms with Crippen molar-refractivity contribution in [1.82, 2.24) is 19.8 Å². The molecule has 0 saturated carbocycles. The fraction of sp³-hybridized carbons (Fsp3) is 0.389. The van der Waals surface area contributed by atoms with Crippen LogP contribution in [0.3, 0.4) is 0 Å². The lowest BCUT2D eigenvalue weighted by Crippen LogP contribution is -2.46. The van der Waals surface area contributed by atoms with E-state index in [0.29, 0.717) is 25.9 Å². The van der Waals surface area contributed by atoms with Crippen molar-refractivity contribution in [2.75, 3.05) is 13.1 Å². The maximum absolute atomic E-state index is 12.4. The molecule has 2 amide bonds. The van der Waals surface area contributed by atoms with Gasteiger partial charge in [0.05, 0.1) is 18.3 Å². The first kappa shape index (κ1) is 17.0. The van der Waals surface area contributed by atoms with Crippen LogP contribution in [-0.4, -0.2) is 44.6 Å². The van der Waals surface area contributed by atoms with Gasteiger partial charge in [-0.25, -0.2) is 9.78 Å². The number of carbonyl (C=O) groups is 2. The molecule has 0 aliphatic carbocycles. The number of hydrogen-bond acceptors (Lipinski definition) is 3. The van der Waals surface area contributed by atoms with E-state index in [0.717, 1.165) is 11.3 Å². The minimum absolute atomic E-state index is 0.145. The molecular formula is C18H22N4O3. The van der Waals surface area contributed by atoms with Crippen LogP contribution in [-0.2, 0) is 4.79 Å². The summed E-state index contributed by atoms with van der Waals surface area (Å²) in [6.07, 6.45) is 6.34. The SMILES string of the molecule is CC(NC(=O)N1CCC(C(=O)O)CC1)c1cccc(-n2ccnc2)c1.